The molecule has 0 unspecified atom stereocenters. The zero-order valence-electron chi connectivity index (χ0n) is 11.0. The number of nitrogen functional groups attached to an aromatic ring is 1. The van der Waals surface area contributed by atoms with Crippen LogP contribution in [-0.2, 0) is 9.84 Å². The van der Waals surface area contributed by atoms with Crippen molar-refractivity contribution in [2.75, 3.05) is 39.2 Å². The van der Waals surface area contributed by atoms with Crippen LogP contribution in [0.25, 0.3) is 0 Å². The molecular formula is C12H20N2O3S. The van der Waals surface area contributed by atoms with Crippen LogP contribution in [-0.4, -0.2) is 46.8 Å². The molecule has 18 heavy (non-hydrogen) atoms. The van der Waals surface area contributed by atoms with E-state index in [-0.39, 0.29) is 10.6 Å². The summed E-state index contributed by atoms with van der Waals surface area (Å²) in [4.78, 5) is 2.17. The lowest BCUT2D eigenvalue weighted by atomic mass is 10.3. The fourth-order valence-electron chi connectivity index (χ4n) is 1.54. The van der Waals surface area contributed by atoms with Gasteiger partial charge in [-0.3, -0.25) is 0 Å². The number of hydrogen-bond acceptors (Lipinski definition) is 5. The third kappa shape index (κ3) is 4.19. The summed E-state index contributed by atoms with van der Waals surface area (Å²) in [7, 11) is 0.656. The number of sulfone groups is 1. The second kappa shape index (κ2) is 6.06. The molecule has 0 bridgehead atoms. The summed E-state index contributed by atoms with van der Waals surface area (Å²) in [6.07, 6.45) is 1.99. The van der Waals surface area contributed by atoms with E-state index in [4.69, 9.17) is 10.5 Å². The van der Waals surface area contributed by atoms with Gasteiger partial charge in [0.25, 0.3) is 0 Å². The van der Waals surface area contributed by atoms with Crippen LogP contribution in [0.2, 0.25) is 0 Å². The number of para-hydroxylation sites is 1. The first-order chi connectivity index (χ1) is 8.32. The minimum absolute atomic E-state index is 0.118. The van der Waals surface area contributed by atoms with Crippen LogP contribution >= 0.6 is 0 Å². The van der Waals surface area contributed by atoms with Gasteiger partial charge in [0.1, 0.15) is 5.75 Å². The minimum atomic E-state index is -3.31. The summed E-state index contributed by atoms with van der Waals surface area (Å²) in [6, 6.07) is 4.80. The highest BCUT2D eigenvalue weighted by Crippen LogP contribution is 2.28. The molecule has 0 aliphatic rings. The normalized spacial score (nSPS) is 11.8. The molecule has 0 spiro atoms. The van der Waals surface area contributed by atoms with Crippen LogP contribution < -0.4 is 10.5 Å². The van der Waals surface area contributed by atoms with Crippen molar-refractivity contribution in [3.05, 3.63) is 18.2 Å². The van der Waals surface area contributed by atoms with Gasteiger partial charge in [0.2, 0.25) is 0 Å². The second-order valence-corrected chi connectivity index (χ2v) is 6.43. The topological polar surface area (TPSA) is 72.6 Å². The van der Waals surface area contributed by atoms with Crippen molar-refractivity contribution >= 4 is 15.5 Å². The molecule has 0 aliphatic carbocycles. The van der Waals surface area contributed by atoms with Crippen molar-refractivity contribution in [3.8, 4) is 5.75 Å². The largest absolute Gasteiger partial charge is 0.491 e. The van der Waals surface area contributed by atoms with E-state index in [9.17, 15) is 8.42 Å². The summed E-state index contributed by atoms with van der Waals surface area (Å²) >= 11 is 0. The number of anilines is 1. The fourth-order valence-corrected chi connectivity index (χ4v) is 2.36. The van der Waals surface area contributed by atoms with Crippen LogP contribution in [0.1, 0.15) is 6.42 Å². The smallest absolute Gasteiger partial charge is 0.177 e. The van der Waals surface area contributed by atoms with Gasteiger partial charge >= 0.3 is 0 Å². The summed E-state index contributed by atoms with van der Waals surface area (Å²) in [6.45, 7) is 1.42. The van der Waals surface area contributed by atoms with Crippen LogP contribution in [0.15, 0.2) is 23.1 Å². The van der Waals surface area contributed by atoms with Crippen LogP contribution in [0.5, 0.6) is 5.75 Å². The number of hydrogen-bond donors (Lipinski definition) is 1. The number of nitrogens with zero attached hydrogens (tertiary/aromatic N) is 1. The first-order valence-corrected chi connectivity index (χ1v) is 7.57. The Morgan fingerprint density at radius 3 is 2.56 bits per heavy atom. The van der Waals surface area contributed by atoms with Gasteiger partial charge in [0.05, 0.1) is 17.2 Å². The molecule has 0 saturated heterocycles. The lowest BCUT2D eigenvalue weighted by Crippen LogP contribution is -2.16. The summed E-state index contributed by atoms with van der Waals surface area (Å²) in [5.74, 6) is 0.427. The molecule has 2 N–H and O–H groups in total. The zero-order valence-corrected chi connectivity index (χ0v) is 11.8. The van der Waals surface area contributed by atoms with E-state index in [1.165, 1.54) is 6.07 Å². The third-order valence-corrected chi connectivity index (χ3v) is 3.59. The Morgan fingerprint density at radius 1 is 1.33 bits per heavy atom. The summed E-state index contributed by atoms with van der Waals surface area (Å²) in [5, 5.41) is 0. The molecule has 0 aliphatic heterocycles. The van der Waals surface area contributed by atoms with E-state index in [0.717, 1.165) is 19.2 Å². The molecule has 0 atom stereocenters. The molecule has 0 radical (unpaired) electrons. The molecule has 0 aromatic heterocycles. The molecular weight excluding hydrogens is 252 g/mol. The monoisotopic (exact) mass is 272 g/mol. The van der Waals surface area contributed by atoms with E-state index in [1.54, 1.807) is 12.1 Å². The van der Waals surface area contributed by atoms with Gasteiger partial charge in [-0.1, -0.05) is 6.07 Å². The molecule has 0 fully saturated rings. The fraction of sp³-hybridized carbons (Fsp3) is 0.500. The van der Waals surface area contributed by atoms with E-state index in [1.807, 2.05) is 14.1 Å². The van der Waals surface area contributed by atoms with E-state index in [0.29, 0.717) is 12.4 Å². The number of benzene rings is 1. The van der Waals surface area contributed by atoms with Gasteiger partial charge < -0.3 is 15.4 Å². The zero-order chi connectivity index (χ0) is 13.8. The maximum atomic E-state index is 11.5. The lowest BCUT2D eigenvalue weighted by Gasteiger charge is -2.13. The Kier molecular flexibility index (Phi) is 4.98. The Bertz CT molecular complexity index is 498. The second-order valence-electron chi connectivity index (χ2n) is 4.45. The van der Waals surface area contributed by atoms with Crippen molar-refractivity contribution in [1.29, 1.82) is 0 Å². The molecule has 1 rings (SSSR count). The predicted molar refractivity (Wildman–Crippen MR) is 72.6 cm³/mol. The van der Waals surface area contributed by atoms with Crippen LogP contribution in [0.4, 0.5) is 5.69 Å². The molecule has 0 heterocycles. The summed E-state index contributed by atoms with van der Waals surface area (Å²) in [5.41, 5.74) is 5.98. The van der Waals surface area contributed by atoms with Crippen LogP contribution in [0, 0.1) is 0 Å². The molecule has 102 valence electrons. The van der Waals surface area contributed by atoms with Gasteiger partial charge in [-0.15, -0.1) is 0 Å². The Morgan fingerprint density at radius 2 is 2.00 bits per heavy atom. The Balaban J connectivity index is 2.73. The molecule has 6 heteroatoms. The standard InChI is InChI=1S/C12H20N2O3S/c1-14(2)8-5-9-17-10-6-4-7-11(12(10)13)18(3,15)16/h4,6-7H,5,8-9,13H2,1-3H3. The molecule has 0 saturated carbocycles. The van der Waals surface area contributed by atoms with E-state index < -0.39 is 9.84 Å². The van der Waals surface area contributed by atoms with Gasteiger partial charge in [-0.2, -0.15) is 0 Å². The third-order valence-electron chi connectivity index (χ3n) is 2.43. The quantitative estimate of drug-likeness (QED) is 0.618. The highest BCUT2D eigenvalue weighted by Gasteiger charge is 2.14. The van der Waals surface area contributed by atoms with Gasteiger partial charge in [0.15, 0.2) is 9.84 Å². The van der Waals surface area contributed by atoms with Crippen molar-refractivity contribution in [2.45, 2.75) is 11.3 Å². The van der Waals surface area contributed by atoms with Crippen molar-refractivity contribution in [3.63, 3.8) is 0 Å². The minimum Gasteiger partial charge on any atom is -0.491 e. The maximum absolute atomic E-state index is 11.5. The highest BCUT2D eigenvalue weighted by atomic mass is 32.2. The van der Waals surface area contributed by atoms with Gasteiger partial charge in [-0.05, 0) is 32.6 Å². The number of ether oxygens (including phenoxy) is 1. The highest BCUT2D eigenvalue weighted by molar-refractivity contribution is 7.90. The van der Waals surface area contributed by atoms with Crippen molar-refractivity contribution in [1.82, 2.24) is 4.90 Å². The predicted octanol–water partition coefficient (Wildman–Crippen LogP) is 1.00. The Hall–Kier alpha value is -1.27. The number of rotatable bonds is 6. The Labute approximate surface area is 108 Å². The van der Waals surface area contributed by atoms with Gasteiger partial charge in [-0.25, -0.2) is 8.42 Å². The molecule has 0 amide bonds. The van der Waals surface area contributed by atoms with Crippen molar-refractivity contribution in [2.24, 2.45) is 0 Å². The van der Waals surface area contributed by atoms with Crippen molar-refractivity contribution < 1.29 is 13.2 Å². The molecule has 5 nitrogen and oxygen atoms in total. The van der Waals surface area contributed by atoms with Crippen LogP contribution in [0.3, 0.4) is 0 Å². The maximum Gasteiger partial charge on any atom is 0.177 e. The van der Waals surface area contributed by atoms with Gasteiger partial charge in [0, 0.05) is 12.8 Å². The first kappa shape index (κ1) is 14.8. The molecule has 1 aromatic carbocycles. The number of nitrogens with two attached hydrogens (primary N) is 1. The average molecular weight is 272 g/mol. The van der Waals surface area contributed by atoms with E-state index >= 15 is 0 Å². The lowest BCUT2D eigenvalue weighted by molar-refractivity contribution is 0.282. The first-order valence-electron chi connectivity index (χ1n) is 5.68. The summed E-state index contributed by atoms with van der Waals surface area (Å²) < 4.78 is 28.5. The molecule has 1 aromatic rings. The SMILES string of the molecule is CN(C)CCCOc1cccc(S(C)(=O)=O)c1N. The van der Waals surface area contributed by atoms with E-state index in [2.05, 4.69) is 4.90 Å². The average Bonchev–Trinajstić information content (AvgIpc) is 2.24.